The van der Waals surface area contributed by atoms with E-state index in [0.717, 1.165) is 57.6 Å². The molecule has 0 saturated heterocycles. The Hall–Kier alpha value is -3.57. The molecule has 6 rings (SSSR count). The molecule has 5 heteroatoms. The second-order valence-electron chi connectivity index (χ2n) is 7.94. The first-order chi connectivity index (χ1) is 14.8. The molecule has 0 spiro atoms. The third-order valence-corrected chi connectivity index (χ3v) is 5.99. The van der Waals surface area contributed by atoms with Gasteiger partial charge < -0.3 is 5.11 Å². The van der Waals surface area contributed by atoms with Crippen molar-refractivity contribution in [2.24, 2.45) is 0 Å². The molecule has 2 aromatic carbocycles. The van der Waals surface area contributed by atoms with E-state index in [1.54, 1.807) is 6.20 Å². The smallest absolute Gasteiger partial charge is 0.117 e. The molecule has 30 heavy (non-hydrogen) atoms. The van der Waals surface area contributed by atoms with Crippen molar-refractivity contribution in [2.75, 3.05) is 0 Å². The summed E-state index contributed by atoms with van der Waals surface area (Å²) in [5, 5.41) is 10.9. The van der Waals surface area contributed by atoms with Crippen LogP contribution < -0.4 is 0 Å². The second kappa shape index (κ2) is 6.75. The van der Waals surface area contributed by atoms with Crippen molar-refractivity contribution in [3.63, 3.8) is 0 Å². The van der Waals surface area contributed by atoms with Crippen molar-refractivity contribution < 1.29 is 5.11 Å². The molecule has 5 aromatic rings. The van der Waals surface area contributed by atoms with Crippen LogP contribution in [0.1, 0.15) is 24.6 Å². The van der Waals surface area contributed by atoms with Gasteiger partial charge in [0.25, 0.3) is 0 Å². The fraction of sp³-hybridized carbons (Fsp3) is 0.160. The molecule has 5 nitrogen and oxygen atoms in total. The lowest BCUT2D eigenvalue weighted by Crippen LogP contribution is -2.27. The molecule has 0 atom stereocenters. The SMILES string of the molecule is OC1CC(c2nc(-c3ccc4ccc(-c5ccccc5)nc4c3)c3cnccn23)C1. The monoisotopic (exact) mass is 392 g/mol. The van der Waals surface area contributed by atoms with Crippen LogP contribution in [0.5, 0.6) is 0 Å². The largest absolute Gasteiger partial charge is 0.393 e. The van der Waals surface area contributed by atoms with Crippen LogP contribution in [0.15, 0.2) is 79.3 Å². The maximum absolute atomic E-state index is 9.76. The Kier molecular flexibility index (Phi) is 3.89. The van der Waals surface area contributed by atoms with Gasteiger partial charge in [0.05, 0.1) is 34.7 Å². The Morgan fingerprint density at radius 2 is 1.73 bits per heavy atom. The van der Waals surface area contributed by atoms with Gasteiger partial charge in [-0.3, -0.25) is 9.38 Å². The lowest BCUT2D eigenvalue weighted by atomic mass is 9.82. The van der Waals surface area contributed by atoms with Gasteiger partial charge in [-0.05, 0) is 25.0 Å². The highest BCUT2D eigenvalue weighted by Crippen LogP contribution is 2.38. The van der Waals surface area contributed by atoms with Crippen molar-refractivity contribution in [1.29, 1.82) is 0 Å². The van der Waals surface area contributed by atoms with E-state index < -0.39 is 0 Å². The summed E-state index contributed by atoms with van der Waals surface area (Å²) in [6.45, 7) is 0. The summed E-state index contributed by atoms with van der Waals surface area (Å²) in [4.78, 5) is 14.2. The van der Waals surface area contributed by atoms with Gasteiger partial charge >= 0.3 is 0 Å². The van der Waals surface area contributed by atoms with Crippen molar-refractivity contribution in [3.8, 4) is 22.5 Å². The molecule has 0 amide bonds. The number of aliphatic hydroxyl groups excluding tert-OH is 1. The maximum Gasteiger partial charge on any atom is 0.117 e. The van der Waals surface area contributed by atoms with E-state index in [0.29, 0.717) is 0 Å². The first kappa shape index (κ1) is 17.3. The number of fused-ring (bicyclic) bond motifs is 2. The van der Waals surface area contributed by atoms with Gasteiger partial charge in [0, 0.05) is 34.8 Å². The van der Waals surface area contributed by atoms with E-state index in [-0.39, 0.29) is 12.0 Å². The predicted octanol–water partition coefficient (Wildman–Crippen LogP) is 4.85. The number of aliphatic hydroxyl groups is 1. The topological polar surface area (TPSA) is 63.3 Å². The van der Waals surface area contributed by atoms with Crippen LogP contribution in [0.3, 0.4) is 0 Å². The van der Waals surface area contributed by atoms with Crippen LogP contribution in [0.2, 0.25) is 0 Å². The molecule has 1 aliphatic rings. The minimum absolute atomic E-state index is 0.214. The van der Waals surface area contributed by atoms with Gasteiger partial charge in [0.1, 0.15) is 5.82 Å². The average molecular weight is 392 g/mol. The Labute approximate surface area is 173 Å². The highest BCUT2D eigenvalue weighted by Gasteiger charge is 2.32. The lowest BCUT2D eigenvalue weighted by molar-refractivity contribution is 0.0715. The second-order valence-corrected chi connectivity index (χ2v) is 7.94. The molecule has 0 unspecified atom stereocenters. The Balaban J connectivity index is 1.49. The Morgan fingerprint density at radius 3 is 2.57 bits per heavy atom. The first-order valence-corrected chi connectivity index (χ1v) is 10.2. The first-order valence-electron chi connectivity index (χ1n) is 10.2. The van der Waals surface area contributed by atoms with Crippen LogP contribution >= 0.6 is 0 Å². The fourth-order valence-corrected chi connectivity index (χ4v) is 4.30. The third kappa shape index (κ3) is 2.78. The normalized spacial score (nSPS) is 18.6. The molecule has 3 aromatic heterocycles. The lowest BCUT2D eigenvalue weighted by Gasteiger charge is -2.30. The number of aromatic nitrogens is 4. The quantitative estimate of drug-likeness (QED) is 0.477. The van der Waals surface area contributed by atoms with E-state index in [1.165, 1.54) is 0 Å². The summed E-state index contributed by atoms with van der Waals surface area (Å²) in [5.74, 6) is 1.28. The number of nitrogens with zero attached hydrogens (tertiary/aromatic N) is 4. The van der Waals surface area contributed by atoms with Crippen molar-refractivity contribution >= 4 is 16.4 Å². The van der Waals surface area contributed by atoms with E-state index in [4.69, 9.17) is 9.97 Å². The minimum atomic E-state index is -0.214. The van der Waals surface area contributed by atoms with Gasteiger partial charge in [-0.1, -0.05) is 48.5 Å². The van der Waals surface area contributed by atoms with Crippen LogP contribution in [0.4, 0.5) is 0 Å². The van der Waals surface area contributed by atoms with Gasteiger partial charge in [0.15, 0.2) is 0 Å². The van der Waals surface area contributed by atoms with E-state index in [1.807, 2.05) is 30.6 Å². The molecule has 3 heterocycles. The number of rotatable bonds is 3. The fourth-order valence-electron chi connectivity index (χ4n) is 4.30. The highest BCUT2D eigenvalue weighted by atomic mass is 16.3. The third-order valence-electron chi connectivity index (χ3n) is 5.99. The zero-order valence-corrected chi connectivity index (χ0v) is 16.3. The standard InChI is InChI=1S/C25H20N4O/c30-20-12-19(13-20)25-28-24(23-15-26-10-11-29(23)25)18-7-6-17-8-9-21(27-22(17)14-18)16-4-2-1-3-5-16/h1-11,14-15,19-20,30H,12-13H2. The van der Waals surface area contributed by atoms with Gasteiger partial charge in [0.2, 0.25) is 0 Å². The predicted molar refractivity (Wildman–Crippen MR) is 117 cm³/mol. The molecule has 0 aliphatic heterocycles. The maximum atomic E-state index is 9.76. The number of hydrogen-bond acceptors (Lipinski definition) is 4. The van der Waals surface area contributed by atoms with Crippen molar-refractivity contribution in [1.82, 2.24) is 19.4 Å². The Morgan fingerprint density at radius 1 is 0.900 bits per heavy atom. The van der Waals surface area contributed by atoms with Gasteiger partial charge in [-0.15, -0.1) is 0 Å². The molecule has 1 saturated carbocycles. The minimum Gasteiger partial charge on any atom is -0.393 e. The van der Waals surface area contributed by atoms with Crippen molar-refractivity contribution in [2.45, 2.75) is 24.9 Å². The number of imidazole rings is 1. The zero-order chi connectivity index (χ0) is 20.1. The van der Waals surface area contributed by atoms with Gasteiger partial charge in [-0.25, -0.2) is 9.97 Å². The summed E-state index contributed by atoms with van der Waals surface area (Å²) < 4.78 is 2.11. The van der Waals surface area contributed by atoms with E-state index >= 15 is 0 Å². The van der Waals surface area contributed by atoms with Crippen LogP contribution in [0, 0.1) is 0 Å². The van der Waals surface area contributed by atoms with E-state index in [9.17, 15) is 5.11 Å². The van der Waals surface area contributed by atoms with Crippen LogP contribution in [-0.4, -0.2) is 30.6 Å². The highest BCUT2D eigenvalue weighted by molar-refractivity contribution is 5.88. The Bertz CT molecular complexity index is 1370. The summed E-state index contributed by atoms with van der Waals surface area (Å²) in [6, 6.07) is 20.7. The zero-order valence-electron chi connectivity index (χ0n) is 16.3. The number of hydrogen-bond donors (Lipinski definition) is 1. The van der Waals surface area contributed by atoms with Crippen LogP contribution in [-0.2, 0) is 0 Å². The molecule has 1 fully saturated rings. The summed E-state index contributed by atoms with van der Waals surface area (Å²) in [6.07, 6.45) is 6.91. The number of pyridine rings is 1. The van der Waals surface area contributed by atoms with Gasteiger partial charge in [-0.2, -0.15) is 0 Å². The molecule has 0 bridgehead atoms. The molecular weight excluding hydrogens is 372 g/mol. The molecule has 0 radical (unpaired) electrons. The van der Waals surface area contributed by atoms with Crippen LogP contribution in [0.25, 0.3) is 38.9 Å². The molecule has 1 aliphatic carbocycles. The summed E-state index contributed by atoms with van der Waals surface area (Å²) in [5.41, 5.74) is 5.92. The molecule has 1 N–H and O–H groups in total. The average Bonchev–Trinajstić information content (AvgIpc) is 3.16. The summed E-state index contributed by atoms with van der Waals surface area (Å²) in [7, 11) is 0. The summed E-state index contributed by atoms with van der Waals surface area (Å²) >= 11 is 0. The number of benzene rings is 2. The van der Waals surface area contributed by atoms with E-state index in [2.05, 4.69) is 51.8 Å². The molecular formula is C25H20N4O. The molecule has 146 valence electrons. The van der Waals surface area contributed by atoms with Crippen molar-refractivity contribution in [3.05, 3.63) is 85.1 Å².